The lowest BCUT2D eigenvalue weighted by Gasteiger charge is -2.30. The van der Waals surface area contributed by atoms with Gasteiger partial charge in [0.25, 0.3) is 0 Å². The number of methoxy groups -OCH3 is 1. The Morgan fingerprint density at radius 2 is 1.79 bits per heavy atom. The second kappa shape index (κ2) is 10.9. The summed E-state index contributed by atoms with van der Waals surface area (Å²) in [6.45, 7) is 7.51. The average Bonchev–Trinajstić information content (AvgIpc) is 2.68. The molecule has 2 rings (SSSR count). The van der Waals surface area contributed by atoms with Gasteiger partial charge in [-0.25, -0.2) is 4.79 Å². The molecule has 1 saturated carbocycles. The van der Waals surface area contributed by atoms with Crippen molar-refractivity contribution in [2.45, 2.75) is 65.9 Å². The van der Waals surface area contributed by atoms with Crippen LogP contribution in [0.2, 0.25) is 0 Å². The standard InChI is InChI=1S/C23H31BrO5/c1-6-16-13-18(24)12-14(3)20(16)21(15(4)25)22(29-23(26)28-7-2)17-8-10-19(27-5)11-9-17/h12-13,17,19H,6-11H2,1-5H3/b22-21-. The summed E-state index contributed by atoms with van der Waals surface area (Å²) in [7, 11) is 1.72. The summed E-state index contributed by atoms with van der Waals surface area (Å²) in [5.41, 5.74) is 3.35. The summed E-state index contributed by atoms with van der Waals surface area (Å²) in [6, 6.07) is 4.01. The molecule has 0 bridgehead atoms. The van der Waals surface area contributed by atoms with Gasteiger partial charge in [-0.2, -0.15) is 0 Å². The molecule has 0 spiro atoms. The van der Waals surface area contributed by atoms with Gasteiger partial charge >= 0.3 is 6.16 Å². The summed E-state index contributed by atoms with van der Waals surface area (Å²) < 4.78 is 17.2. The third-order valence-corrected chi connectivity index (χ3v) is 5.90. The van der Waals surface area contributed by atoms with E-state index in [4.69, 9.17) is 14.2 Å². The quantitative estimate of drug-likeness (QED) is 0.280. The molecular weight excluding hydrogens is 436 g/mol. The number of Topliss-reactive ketones (excluding diaryl/α,β-unsaturated/α-hetero) is 1. The number of aryl methyl sites for hydroxylation is 2. The molecule has 1 aromatic rings. The van der Waals surface area contributed by atoms with E-state index in [2.05, 4.69) is 22.9 Å². The number of hydrogen-bond acceptors (Lipinski definition) is 5. The summed E-state index contributed by atoms with van der Waals surface area (Å²) in [5, 5.41) is 0. The summed E-state index contributed by atoms with van der Waals surface area (Å²) in [4.78, 5) is 25.1. The maximum Gasteiger partial charge on any atom is 0.513 e. The Kier molecular flexibility index (Phi) is 8.90. The van der Waals surface area contributed by atoms with E-state index >= 15 is 0 Å². The minimum Gasteiger partial charge on any atom is -0.434 e. The van der Waals surface area contributed by atoms with Crippen LogP contribution in [-0.4, -0.2) is 31.8 Å². The van der Waals surface area contributed by atoms with Gasteiger partial charge in [0.15, 0.2) is 5.78 Å². The molecule has 0 heterocycles. The predicted molar refractivity (Wildman–Crippen MR) is 117 cm³/mol. The SMILES string of the molecule is CCOC(=O)O/C(=C(/C(C)=O)c1c(C)cc(Br)cc1CC)C1CCC(OC)CC1. The van der Waals surface area contributed by atoms with Gasteiger partial charge in [-0.05, 0) is 81.7 Å². The minimum absolute atomic E-state index is 0.0301. The average molecular weight is 467 g/mol. The molecule has 6 heteroatoms. The van der Waals surface area contributed by atoms with Crippen LogP contribution in [0.15, 0.2) is 22.4 Å². The molecule has 0 aliphatic heterocycles. The first-order valence-corrected chi connectivity index (χ1v) is 11.0. The number of hydrogen-bond donors (Lipinski definition) is 0. The van der Waals surface area contributed by atoms with Crippen molar-refractivity contribution in [1.82, 2.24) is 0 Å². The zero-order valence-electron chi connectivity index (χ0n) is 18.0. The van der Waals surface area contributed by atoms with Gasteiger partial charge in [-0.1, -0.05) is 22.9 Å². The molecule has 5 nitrogen and oxygen atoms in total. The van der Waals surface area contributed by atoms with E-state index in [9.17, 15) is 9.59 Å². The molecule has 0 unspecified atom stereocenters. The monoisotopic (exact) mass is 466 g/mol. The van der Waals surface area contributed by atoms with E-state index < -0.39 is 6.16 Å². The lowest BCUT2D eigenvalue weighted by Crippen LogP contribution is -2.25. The van der Waals surface area contributed by atoms with E-state index in [0.29, 0.717) is 11.3 Å². The molecule has 0 saturated heterocycles. The molecule has 1 fully saturated rings. The number of ketones is 1. The first-order valence-electron chi connectivity index (χ1n) is 10.2. The first kappa shape index (κ1) is 23.6. The fourth-order valence-electron chi connectivity index (χ4n) is 4.06. The molecule has 1 aliphatic carbocycles. The fraction of sp³-hybridized carbons (Fsp3) is 0.565. The molecule has 29 heavy (non-hydrogen) atoms. The number of rotatable bonds is 7. The molecule has 160 valence electrons. The van der Waals surface area contributed by atoms with Gasteiger partial charge in [0.2, 0.25) is 0 Å². The van der Waals surface area contributed by atoms with Crippen LogP contribution in [0, 0.1) is 12.8 Å². The predicted octanol–water partition coefficient (Wildman–Crippen LogP) is 6.00. The van der Waals surface area contributed by atoms with Crippen molar-refractivity contribution < 1.29 is 23.8 Å². The second-order valence-corrected chi connectivity index (χ2v) is 8.32. The molecule has 0 atom stereocenters. The molecular formula is C23H31BrO5. The molecule has 1 aliphatic rings. The number of carbonyl (C=O) groups is 2. The van der Waals surface area contributed by atoms with Crippen LogP contribution in [0.4, 0.5) is 4.79 Å². The van der Waals surface area contributed by atoms with Crippen LogP contribution in [0.5, 0.6) is 0 Å². The number of benzene rings is 1. The van der Waals surface area contributed by atoms with Gasteiger partial charge in [-0.15, -0.1) is 0 Å². The molecule has 0 radical (unpaired) electrons. The zero-order chi connectivity index (χ0) is 21.6. The number of allylic oxidation sites excluding steroid dienone is 2. The van der Waals surface area contributed by atoms with Crippen molar-refractivity contribution in [3.8, 4) is 0 Å². The van der Waals surface area contributed by atoms with Crippen molar-refractivity contribution >= 4 is 33.4 Å². The summed E-state index contributed by atoms with van der Waals surface area (Å²) in [6.07, 6.45) is 3.51. The van der Waals surface area contributed by atoms with Crippen molar-refractivity contribution in [2.24, 2.45) is 5.92 Å². The highest BCUT2D eigenvalue weighted by Crippen LogP contribution is 2.39. The van der Waals surface area contributed by atoms with Crippen LogP contribution in [0.1, 0.15) is 63.1 Å². The van der Waals surface area contributed by atoms with Crippen molar-refractivity contribution in [2.75, 3.05) is 13.7 Å². The number of carbonyl (C=O) groups excluding carboxylic acids is 2. The van der Waals surface area contributed by atoms with Gasteiger partial charge < -0.3 is 14.2 Å². The van der Waals surface area contributed by atoms with Crippen molar-refractivity contribution in [3.05, 3.63) is 39.1 Å². The molecule has 0 N–H and O–H groups in total. The van der Waals surface area contributed by atoms with Gasteiger partial charge in [0, 0.05) is 17.5 Å². The summed E-state index contributed by atoms with van der Waals surface area (Å²) >= 11 is 3.54. The Morgan fingerprint density at radius 3 is 2.31 bits per heavy atom. The Morgan fingerprint density at radius 1 is 1.14 bits per heavy atom. The van der Waals surface area contributed by atoms with E-state index in [0.717, 1.165) is 53.3 Å². The largest absolute Gasteiger partial charge is 0.513 e. The Balaban J connectivity index is 2.63. The highest BCUT2D eigenvalue weighted by atomic mass is 79.9. The highest BCUT2D eigenvalue weighted by Gasteiger charge is 2.32. The smallest absolute Gasteiger partial charge is 0.434 e. The summed E-state index contributed by atoms with van der Waals surface area (Å²) in [5.74, 6) is 0.293. The van der Waals surface area contributed by atoms with Crippen LogP contribution in [0.25, 0.3) is 5.57 Å². The van der Waals surface area contributed by atoms with E-state index in [1.165, 1.54) is 6.92 Å². The minimum atomic E-state index is -0.761. The highest BCUT2D eigenvalue weighted by molar-refractivity contribution is 9.10. The molecule has 1 aromatic carbocycles. The Hall–Kier alpha value is -1.66. The van der Waals surface area contributed by atoms with E-state index in [-0.39, 0.29) is 24.4 Å². The fourth-order valence-corrected chi connectivity index (χ4v) is 4.68. The van der Waals surface area contributed by atoms with Crippen LogP contribution in [0.3, 0.4) is 0 Å². The van der Waals surface area contributed by atoms with Crippen LogP contribution >= 0.6 is 15.9 Å². The Labute approximate surface area is 181 Å². The van der Waals surface area contributed by atoms with E-state index in [1.54, 1.807) is 14.0 Å². The van der Waals surface area contributed by atoms with Gasteiger partial charge in [-0.3, -0.25) is 4.79 Å². The van der Waals surface area contributed by atoms with E-state index in [1.807, 2.05) is 19.1 Å². The zero-order valence-corrected chi connectivity index (χ0v) is 19.6. The molecule has 0 amide bonds. The molecule has 0 aromatic heterocycles. The van der Waals surface area contributed by atoms with Gasteiger partial charge in [0.1, 0.15) is 5.76 Å². The van der Waals surface area contributed by atoms with Crippen molar-refractivity contribution in [3.63, 3.8) is 0 Å². The number of ether oxygens (including phenoxy) is 3. The maximum absolute atomic E-state index is 12.9. The van der Waals surface area contributed by atoms with Gasteiger partial charge in [0.05, 0.1) is 18.3 Å². The maximum atomic E-state index is 12.9. The topological polar surface area (TPSA) is 61.8 Å². The number of halogens is 1. The lowest BCUT2D eigenvalue weighted by atomic mass is 9.81. The normalized spacial score (nSPS) is 20.1. The Bertz CT molecular complexity index is 776. The van der Waals surface area contributed by atoms with Crippen LogP contribution in [-0.2, 0) is 25.4 Å². The first-order chi connectivity index (χ1) is 13.8. The third-order valence-electron chi connectivity index (χ3n) is 5.45. The lowest BCUT2D eigenvalue weighted by molar-refractivity contribution is -0.112. The van der Waals surface area contributed by atoms with Crippen LogP contribution < -0.4 is 0 Å². The van der Waals surface area contributed by atoms with Crippen molar-refractivity contribution in [1.29, 1.82) is 0 Å². The second-order valence-electron chi connectivity index (χ2n) is 7.40. The third kappa shape index (κ3) is 5.92.